The molecule has 1 aromatic rings. The quantitative estimate of drug-likeness (QED) is 0.553. The summed E-state index contributed by atoms with van der Waals surface area (Å²) < 4.78 is 0. The first-order valence-electron chi connectivity index (χ1n) is 4.65. The highest BCUT2D eigenvalue weighted by molar-refractivity contribution is 5.79. The highest BCUT2D eigenvalue weighted by Gasteiger charge is 1.90. The number of aliphatic imine (C=N–C) groups is 1. The molecule has 2 nitrogen and oxygen atoms in total. The van der Waals surface area contributed by atoms with E-state index in [9.17, 15) is 0 Å². The standard InChI is InChI=1S/C11H16N2/c1-2-11(12)13-9-8-10-6-4-3-5-7-10/h3-7H,2,8-9H2,1H3,(H2,12,13). The molecule has 2 heteroatoms. The van der Waals surface area contributed by atoms with Gasteiger partial charge >= 0.3 is 0 Å². The third-order valence-electron chi connectivity index (χ3n) is 1.92. The van der Waals surface area contributed by atoms with Crippen LogP contribution >= 0.6 is 0 Å². The van der Waals surface area contributed by atoms with Gasteiger partial charge < -0.3 is 5.73 Å². The summed E-state index contributed by atoms with van der Waals surface area (Å²) in [6.45, 7) is 2.81. The first-order valence-corrected chi connectivity index (χ1v) is 4.65. The van der Waals surface area contributed by atoms with Crippen molar-refractivity contribution in [1.29, 1.82) is 0 Å². The predicted molar refractivity (Wildman–Crippen MR) is 56.9 cm³/mol. The molecule has 0 fully saturated rings. The summed E-state index contributed by atoms with van der Waals surface area (Å²) in [5.74, 6) is 0.746. The Labute approximate surface area is 79.5 Å². The lowest BCUT2D eigenvalue weighted by atomic mass is 10.2. The average molecular weight is 176 g/mol. The first-order chi connectivity index (χ1) is 6.33. The van der Waals surface area contributed by atoms with E-state index in [2.05, 4.69) is 17.1 Å². The van der Waals surface area contributed by atoms with Crippen LogP contribution in [0.15, 0.2) is 35.3 Å². The van der Waals surface area contributed by atoms with Crippen LogP contribution in [0, 0.1) is 0 Å². The van der Waals surface area contributed by atoms with Gasteiger partial charge in [0.25, 0.3) is 0 Å². The number of amidine groups is 1. The van der Waals surface area contributed by atoms with Crippen LogP contribution in [0.5, 0.6) is 0 Å². The third kappa shape index (κ3) is 3.74. The maximum Gasteiger partial charge on any atom is 0.0934 e. The summed E-state index contributed by atoms with van der Waals surface area (Å²) in [4.78, 5) is 4.23. The van der Waals surface area contributed by atoms with Crippen LogP contribution in [-0.2, 0) is 6.42 Å². The van der Waals surface area contributed by atoms with Crippen molar-refractivity contribution >= 4 is 5.84 Å². The van der Waals surface area contributed by atoms with Crippen molar-refractivity contribution in [2.75, 3.05) is 6.54 Å². The maximum absolute atomic E-state index is 5.59. The molecule has 0 radical (unpaired) electrons. The van der Waals surface area contributed by atoms with Crippen LogP contribution in [0.1, 0.15) is 18.9 Å². The van der Waals surface area contributed by atoms with Gasteiger partial charge in [-0.05, 0) is 12.0 Å². The number of rotatable bonds is 4. The van der Waals surface area contributed by atoms with E-state index in [1.54, 1.807) is 0 Å². The van der Waals surface area contributed by atoms with Gasteiger partial charge in [0.05, 0.1) is 5.84 Å². The van der Waals surface area contributed by atoms with Gasteiger partial charge in [-0.3, -0.25) is 4.99 Å². The van der Waals surface area contributed by atoms with Crippen molar-refractivity contribution in [2.24, 2.45) is 10.7 Å². The lowest BCUT2D eigenvalue weighted by molar-refractivity contribution is 0.956. The lowest BCUT2D eigenvalue weighted by Crippen LogP contribution is -2.10. The zero-order chi connectivity index (χ0) is 9.52. The van der Waals surface area contributed by atoms with E-state index in [0.29, 0.717) is 0 Å². The Morgan fingerprint density at radius 3 is 2.62 bits per heavy atom. The lowest BCUT2D eigenvalue weighted by Gasteiger charge is -1.98. The topological polar surface area (TPSA) is 38.4 Å². The van der Waals surface area contributed by atoms with Gasteiger partial charge in [-0.25, -0.2) is 0 Å². The first kappa shape index (κ1) is 9.78. The Kier molecular flexibility index (Phi) is 4.03. The SMILES string of the molecule is CCC(N)=NCCc1ccccc1. The summed E-state index contributed by atoms with van der Waals surface area (Å²) in [5, 5.41) is 0. The molecular formula is C11H16N2. The van der Waals surface area contributed by atoms with Gasteiger partial charge in [0.1, 0.15) is 0 Å². The van der Waals surface area contributed by atoms with Crippen molar-refractivity contribution in [2.45, 2.75) is 19.8 Å². The molecule has 1 rings (SSSR count). The molecule has 13 heavy (non-hydrogen) atoms. The maximum atomic E-state index is 5.59. The van der Waals surface area contributed by atoms with Crippen LogP contribution in [0.3, 0.4) is 0 Å². The molecule has 70 valence electrons. The number of hydrogen-bond acceptors (Lipinski definition) is 1. The zero-order valence-corrected chi connectivity index (χ0v) is 8.03. The summed E-state index contributed by atoms with van der Waals surface area (Å²) in [6, 6.07) is 10.3. The number of benzene rings is 1. The molecule has 0 aromatic heterocycles. The minimum absolute atomic E-state index is 0.746. The molecule has 0 saturated heterocycles. The number of nitrogens with two attached hydrogens (primary N) is 1. The molecule has 1 aromatic carbocycles. The van der Waals surface area contributed by atoms with Crippen molar-refractivity contribution in [3.8, 4) is 0 Å². The van der Waals surface area contributed by atoms with Gasteiger partial charge in [-0.1, -0.05) is 37.3 Å². The Balaban J connectivity index is 2.36. The fourth-order valence-corrected chi connectivity index (χ4v) is 1.09. The minimum atomic E-state index is 0.746. The average Bonchev–Trinajstić information content (AvgIpc) is 2.19. The number of nitrogens with zero attached hydrogens (tertiary/aromatic N) is 1. The summed E-state index contributed by atoms with van der Waals surface area (Å²) >= 11 is 0. The molecule has 0 aliphatic rings. The zero-order valence-electron chi connectivity index (χ0n) is 8.03. The van der Waals surface area contributed by atoms with E-state index >= 15 is 0 Å². The second kappa shape index (κ2) is 5.36. The Morgan fingerprint density at radius 1 is 1.31 bits per heavy atom. The van der Waals surface area contributed by atoms with Crippen LogP contribution < -0.4 is 5.73 Å². The fraction of sp³-hybridized carbons (Fsp3) is 0.364. The fourth-order valence-electron chi connectivity index (χ4n) is 1.09. The Morgan fingerprint density at radius 2 is 2.00 bits per heavy atom. The second-order valence-corrected chi connectivity index (χ2v) is 2.96. The Bertz CT molecular complexity index is 265. The molecule has 0 saturated carbocycles. The summed E-state index contributed by atoms with van der Waals surface area (Å²) in [5.41, 5.74) is 6.90. The molecule has 0 heterocycles. The normalized spacial score (nSPS) is 11.6. The summed E-state index contributed by atoms with van der Waals surface area (Å²) in [7, 11) is 0. The van der Waals surface area contributed by atoms with Crippen molar-refractivity contribution in [3.05, 3.63) is 35.9 Å². The van der Waals surface area contributed by atoms with Crippen LogP contribution in [-0.4, -0.2) is 12.4 Å². The van der Waals surface area contributed by atoms with E-state index in [-0.39, 0.29) is 0 Å². The van der Waals surface area contributed by atoms with Crippen LogP contribution in [0.2, 0.25) is 0 Å². The van der Waals surface area contributed by atoms with E-state index < -0.39 is 0 Å². The van der Waals surface area contributed by atoms with Crippen molar-refractivity contribution in [3.63, 3.8) is 0 Å². The Hall–Kier alpha value is -1.31. The molecule has 0 bridgehead atoms. The van der Waals surface area contributed by atoms with Gasteiger partial charge in [0, 0.05) is 13.0 Å². The second-order valence-electron chi connectivity index (χ2n) is 2.96. The molecular weight excluding hydrogens is 160 g/mol. The van der Waals surface area contributed by atoms with Gasteiger partial charge in [-0.15, -0.1) is 0 Å². The van der Waals surface area contributed by atoms with E-state index in [1.807, 2.05) is 25.1 Å². The van der Waals surface area contributed by atoms with Gasteiger partial charge in [0.2, 0.25) is 0 Å². The monoisotopic (exact) mass is 176 g/mol. The van der Waals surface area contributed by atoms with Crippen molar-refractivity contribution in [1.82, 2.24) is 0 Å². The molecule has 2 N–H and O–H groups in total. The minimum Gasteiger partial charge on any atom is -0.387 e. The largest absolute Gasteiger partial charge is 0.387 e. The van der Waals surface area contributed by atoms with Crippen LogP contribution in [0.4, 0.5) is 0 Å². The van der Waals surface area contributed by atoms with E-state index in [1.165, 1.54) is 5.56 Å². The van der Waals surface area contributed by atoms with E-state index in [0.717, 1.165) is 25.2 Å². The molecule has 0 atom stereocenters. The number of hydrogen-bond donors (Lipinski definition) is 1. The predicted octanol–water partition coefficient (Wildman–Crippen LogP) is 2.00. The smallest absolute Gasteiger partial charge is 0.0934 e. The molecule has 0 aliphatic carbocycles. The molecule has 0 spiro atoms. The van der Waals surface area contributed by atoms with Gasteiger partial charge in [0.15, 0.2) is 0 Å². The van der Waals surface area contributed by atoms with Gasteiger partial charge in [-0.2, -0.15) is 0 Å². The molecule has 0 unspecified atom stereocenters. The van der Waals surface area contributed by atoms with E-state index in [4.69, 9.17) is 5.73 Å². The van der Waals surface area contributed by atoms with Crippen molar-refractivity contribution < 1.29 is 0 Å². The highest BCUT2D eigenvalue weighted by Crippen LogP contribution is 1.99. The van der Waals surface area contributed by atoms with Crippen LogP contribution in [0.25, 0.3) is 0 Å². The molecule has 0 aliphatic heterocycles. The summed E-state index contributed by atoms with van der Waals surface area (Å²) in [6.07, 6.45) is 1.82. The third-order valence-corrected chi connectivity index (χ3v) is 1.92. The molecule has 0 amide bonds. The highest BCUT2D eigenvalue weighted by atomic mass is 14.8.